The van der Waals surface area contributed by atoms with Gasteiger partial charge in [-0.2, -0.15) is 0 Å². The minimum absolute atomic E-state index is 0.729. The van der Waals surface area contributed by atoms with Gasteiger partial charge in [0.15, 0.2) is 0 Å². The summed E-state index contributed by atoms with van der Waals surface area (Å²) in [6, 6.07) is 13.1. The van der Waals surface area contributed by atoms with Crippen LogP contribution in [-0.2, 0) is 4.74 Å². The van der Waals surface area contributed by atoms with E-state index in [2.05, 4.69) is 47.4 Å². The van der Waals surface area contributed by atoms with Crippen LogP contribution in [0.4, 0.5) is 0 Å². The summed E-state index contributed by atoms with van der Waals surface area (Å²) in [5.41, 5.74) is 2.70. The van der Waals surface area contributed by atoms with Gasteiger partial charge in [-0.25, -0.2) is 0 Å². The summed E-state index contributed by atoms with van der Waals surface area (Å²) >= 11 is 0. The molecule has 0 spiro atoms. The summed E-state index contributed by atoms with van der Waals surface area (Å²) in [7, 11) is 0. The van der Waals surface area contributed by atoms with Gasteiger partial charge in [-0.05, 0) is 72.5 Å². The van der Waals surface area contributed by atoms with E-state index in [4.69, 9.17) is 9.47 Å². The largest absolute Gasteiger partial charge is 0.492 e. The fraction of sp³-hybridized carbons (Fsp3) is 0.429. The first kappa shape index (κ1) is 15.7. The Morgan fingerprint density at radius 2 is 1.88 bits per heavy atom. The van der Waals surface area contributed by atoms with Gasteiger partial charge in [0, 0.05) is 6.54 Å². The normalized spacial score (nSPS) is 18.8. The highest BCUT2D eigenvalue weighted by molar-refractivity contribution is 5.87. The second kappa shape index (κ2) is 7.37. The molecule has 3 heteroatoms. The smallest absolute Gasteiger partial charge is 0.120 e. The van der Waals surface area contributed by atoms with Crippen LogP contribution < -0.4 is 4.74 Å². The predicted octanol–water partition coefficient (Wildman–Crippen LogP) is 4.12. The third-order valence-electron chi connectivity index (χ3n) is 5.02. The van der Waals surface area contributed by atoms with Gasteiger partial charge in [-0.3, -0.25) is 4.90 Å². The van der Waals surface area contributed by atoms with Gasteiger partial charge in [-0.1, -0.05) is 24.3 Å². The molecule has 126 valence electrons. The van der Waals surface area contributed by atoms with Crippen LogP contribution in [0.15, 0.2) is 42.5 Å². The number of likely N-dealkylation sites (tertiary alicyclic amines) is 1. The molecule has 2 aliphatic heterocycles. The maximum absolute atomic E-state index is 5.99. The Hall–Kier alpha value is -1.84. The van der Waals surface area contributed by atoms with Crippen molar-refractivity contribution in [2.24, 2.45) is 0 Å². The lowest BCUT2D eigenvalue weighted by Gasteiger charge is -2.16. The van der Waals surface area contributed by atoms with E-state index < -0.39 is 0 Å². The van der Waals surface area contributed by atoms with Gasteiger partial charge in [0.1, 0.15) is 12.4 Å². The van der Waals surface area contributed by atoms with Crippen LogP contribution in [0, 0.1) is 0 Å². The van der Waals surface area contributed by atoms with Crippen LogP contribution in [0.2, 0.25) is 0 Å². The second-order valence-electron chi connectivity index (χ2n) is 6.68. The molecule has 0 aromatic heterocycles. The van der Waals surface area contributed by atoms with E-state index in [-0.39, 0.29) is 0 Å². The molecule has 1 fully saturated rings. The number of rotatable bonds is 5. The predicted molar refractivity (Wildman–Crippen MR) is 98.5 cm³/mol. The van der Waals surface area contributed by atoms with Crippen molar-refractivity contribution < 1.29 is 9.47 Å². The highest BCUT2D eigenvalue weighted by Crippen LogP contribution is 2.27. The van der Waals surface area contributed by atoms with Crippen LogP contribution in [-0.4, -0.2) is 44.4 Å². The van der Waals surface area contributed by atoms with Gasteiger partial charge in [-0.15, -0.1) is 0 Å². The molecule has 0 atom stereocenters. The Balaban J connectivity index is 1.47. The third kappa shape index (κ3) is 3.63. The number of hydrogen-bond donors (Lipinski definition) is 0. The zero-order chi connectivity index (χ0) is 16.2. The van der Waals surface area contributed by atoms with Crippen molar-refractivity contribution in [3.8, 4) is 5.75 Å². The van der Waals surface area contributed by atoms with E-state index in [9.17, 15) is 0 Å². The van der Waals surface area contributed by atoms with Gasteiger partial charge in [0.05, 0.1) is 13.2 Å². The SMILES string of the molecule is C1=C(c2ccc3ccc(OCCN4CCCC4)cc3c2)CCOC1. The fourth-order valence-corrected chi connectivity index (χ4v) is 3.60. The number of benzene rings is 2. The molecule has 0 saturated carbocycles. The maximum atomic E-state index is 5.99. The van der Waals surface area contributed by atoms with Crippen molar-refractivity contribution in [1.82, 2.24) is 4.90 Å². The summed E-state index contributed by atoms with van der Waals surface area (Å²) in [6.45, 7) is 5.81. The molecule has 2 aromatic rings. The Kier molecular flexibility index (Phi) is 4.81. The van der Waals surface area contributed by atoms with Crippen LogP contribution in [0.3, 0.4) is 0 Å². The van der Waals surface area contributed by atoms with E-state index >= 15 is 0 Å². The maximum Gasteiger partial charge on any atom is 0.120 e. The first-order chi connectivity index (χ1) is 11.9. The van der Waals surface area contributed by atoms with Crippen molar-refractivity contribution in [1.29, 1.82) is 0 Å². The van der Waals surface area contributed by atoms with E-state index in [1.807, 2.05) is 0 Å². The average molecular weight is 323 g/mol. The van der Waals surface area contributed by atoms with Crippen molar-refractivity contribution in [3.05, 3.63) is 48.0 Å². The van der Waals surface area contributed by atoms with Gasteiger partial charge in [0.2, 0.25) is 0 Å². The van der Waals surface area contributed by atoms with Gasteiger partial charge in [0.25, 0.3) is 0 Å². The van der Waals surface area contributed by atoms with Crippen molar-refractivity contribution in [3.63, 3.8) is 0 Å². The third-order valence-corrected chi connectivity index (χ3v) is 5.02. The zero-order valence-electron chi connectivity index (χ0n) is 14.2. The summed E-state index contributed by atoms with van der Waals surface area (Å²) < 4.78 is 11.4. The number of hydrogen-bond acceptors (Lipinski definition) is 3. The molecule has 24 heavy (non-hydrogen) atoms. The van der Waals surface area contributed by atoms with E-state index in [1.54, 1.807) is 0 Å². The van der Waals surface area contributed by atoms with Crippen LogP contribution in [0.1, 0.15) is 24.8 Å². The minimum Gasteiger partial charge on any atom is -0.492 e. The quantitative estimate of drug-likeness (QED) is 0.826. The average Bonchev–Trinajstić information content (AvgIpc) is 3.15. The molecule has 0 radical (unpaired) electrons. The summed E-state index contributed by atoms with van der Waals surface area (Å²) in [5.74, 6) is 0.972. The highest BCUT2D eigenvalue weighted by Gasteiger charge is 2.11. The Morgan fingerprint density at radius 3 is 2.71 bits per heavy atom. The molecule has 4 rings (SSSR count). The standard InChI is InChI=1S/C21H25NO2/c1-2-10-22(9-1)11-14-24-21-6-5-17-3-4-19(15-20(17)16-21)18-7-12-23-13-8-18/h3-7,15-16H,1-2,8-14H2. The van der Waals surface area contributed by atoms with Gasteiger partial charge >= 0.3 is 0 Å². The molecule has 2 aromatic carbocycles. The van der Waals surface area contributed by atoms with Gasteiger partial charge < -0.3 is 9.47 Å². The lowest BCUT2D eigenvalue weighted by Crippen LogP contribution is -2.25. The number of nitrogens with zero attached hydrogens (tertiary/aromatic N) is 1. The lowest BCUT2D eigenvalue weighted by molar-refractivity contribution is 0.161. The molecule has 0 N–H and O–H groups in total. The van der Waals surface area contributed by atoms with Crippen LogP contribution in [0.25, 0.3) is 16.3 Å². The molecule has 0 bridgehead atoms. The monoisotopic (exact) mass is 323 g/mol. The molecule has 0 amide bonds. The Labute approximate surface area is 143 Å². The number of fused-ring (bicyclic) bond motifs is 1. The summed E-state index contributed by atoms with van der Waals surface area (Å²) in [4.78, 5) is 2.48. The van der Waals surface area contributed by atoms with E-state index in [0.717, 1.165) is 38.5 Å². The fourth-order valence-electron chi connectivity index (χ4n) is 3.60. The Morgan fingerprint density at radius 1 is 1.00 bits per heavy atom. The summed E-state index contributed by atoms with van der Waals surface area (Å²) in [6.07, 6.45) is 5.86. The first-order valence-corrected chi connectivity index (χ1v) is 9.05. The zero-order valence-corrected chi connectivity index (χ0v) is 14.2. The molecule has 1 saturated heterocycles. The molecule has 2 heterocycles. The van der Waals surface area contributed by atoms with Crippen molar-refractivity contribution >= 4 is 16.3 Å². The van der Waals surface area contributed by atoms with Crippen LogP contribution in [0.5, 0.6) is 5.75 Å². The molecular weight excluding hydrogens is 298 g/mol. The lowest BCUT2D eigenvalue weighted by atomic mass is 9.98. The second-order valence-corrected chi connectivity index (χ2v) is 6.68. The van der Waals surface area contributed by atoms with Crippen molar-refractivity contribution in [2.45, 2.75) is 19.3 Å². The number of ether oxygens (including phenoxy) is 2. The first-order valence-electron chi connectivity index (χ1n) is 9.05. The molecular formula is C21H25NO2. The minimum atomic E-state index is 0.729. The molecule has 0 aliphatic carbocycles. The molecule has 2 aliphatic rings. The molecule has 0 unspecified atom stereocenters. The molecule has 3 nitrogen and oxygen atoms in total. The highest BCUT2D eigenvalue weighted by atomic mass is 16.5. The van der Waals surface area contributed by atoms with E-state index in [1.165, 1.54) is 47.8 Å². The van der Waals surface area contributed by atoms with E-state index in [0.29, 0.717) is 0 Å². The topological polar surface area (TPSA) is 21.7 Å². The summed E-state index contributed by atoms with van der Waals surface area (Å²) in [5, 5.41) is 2.51. The van der Waals surface area contributed by atoms with Crippen LogP contribution >= 0.6 is 0 Å². The Bertz CT molecular complexity index is 732. The van der Waals surface area contributed by atoms with Crippen molar-refractivity contribution in [2.75, 3.05) is 39.5 Å².